The largest absolute Gasteiger partial charge is 0.384 e. The molecule has 4 heteroatoms. The van der Waals surface area contributed by atoms with Gasteiger partial charge >= 0.3 is 0 Å². The number of hydrogen-bond acceptors (Lipinski definition) is 2. The highest BCUT2D eigenvalue weighted by Crippen LogP contribution is 2.22. The standard InChI is InChI=1S/C8H10Cl2N2/c1-5-2-3-7(10)12-8(11)4-6(5)9/h3-5H,2H2,1H3,(H2,11,12)/b6-4+,7-3+. The van der Waals surface area contributed by atoms with Gasteiger partial charge in [-0.25, -0.2) is 4.99 Å². The summed E-state index contributed by atoms with van der Waals surface area (Å²) in [5.41, 5.74) is 5.51. The normalized spacial score (nSPS) is 37.9. The molecular weight excluding hydrogens is 195 g/mol. The van der Waals surface area contributed by atoms with Crippen LogP contribution in [0.4, 0.5) is 0 Å². The smallest absolute Gasteiger partial charge is 0.127 e. The van der Waals surface area contributed by atoms with Gasteiger partial charge in [-0.05, 0) is 24.5 Å². The third-order valence-electron chi connectivity index (χ3n) is 1.63. The summed E-state index contributed by atoms with van der Waals surface area (Å²) in [6.45, 7) is 2.01. The second kappa shape index (κ2) is 3.97. The molecule has 0 radical (unpaired) electrons. The van der Waals surface area contributed by atoms with Crippen molar-refractivity contribution in [2.24, 2.45) is 16.6 Å². The maximum absolute atomic E-state index is 5.91. The molecule has 1 aliphatic rings. The second-order valence-electron chi connectivity index (χ2n) is 2.73. The quantitative estimate of drug-likeness (QED) is 0.606. The van der Waals surface area contributed by atoms with E-state index in [1.807, 2.05) is 13.0 Å². The molecule has 0 fully saturated rings. The maximum Gasteiger partial charge on any atom is 0.127 e. The molecule has 1 aliphatic heterocycles. The van der Waals surface area contributed by atoms with Gasteiger partial charge in [-0.15, -0.1) is 0 Å². The van der Waals surface area contributed by atoms with Crippen molar-refractivity contribution >= 4 is 29.0 Å². The van der Waals surface area contributed by atoms with Crippen LogP contribution in [0.2, 0.25) is 0 Å². The van der Waals surface area contributed by atoms with Crippen LogP contribution < -0.4 is 5.73 Å². The van der Waals surface area contributed by atoms with E-state index in [4.69, 9.17) is 28.9 Å². The minimum absolute atomic E-state index is 0.259. The van der Waals surface area contributed by atoms with Crippen LogP contribution in [0.25, 0.3) is 0 Å². The summed E-state index contributed by atoms with van der Waals surface area (Å²) in [4.78, 5) is 3.88. The van der Waals surface area contributed by atoms with Crippen LogP contribution in [0.3, 0.4) is 0 Å². The molecule has 0 aliphatic carbocycles. The predicted molar refractivity (Wildman–Crippen MR) is 53.3 cm³/mol. The van der Waals surface area contributed by atoms with Crippen LogP contribution in [-0.4, -0.2) is 5.84 Å². The molecule has 0 aromatic rings. The summed E-state index contributed by atoms with van der Waals surface area (Å²) in [5.74, 6) is 0.613. The van der Waals surface area contributed by atoms with Gasteiger partial charge in [0.2, 0.25) is 0 Å². The SMILES string of the molecule is CC1C/C=C(Cl)/N=C(N)\C=C/1Cl. The van der Waals surface area contributed by atoms with Gasteiger partial charge in [0.1, 0.15) is 11.0 Å². The fourth-order valence-corrected chi connectivity index (χ4v) is 1.26. The number of allylic oxidation sites excluding steroid dienone is 2. The van der Waals surface area contributed by atoms with Gasteiger partial charge in [-0.3, -0.25) is 0 Å². The van der Waals surface area contributed by atoms with E-state index in [1.165, 1.54) is 0 Å². The minimum Gasteiger partial charge on any atom is -0.384 e. The van der Waals surface area contributed by atoms with Crippen molar-refractivity contribution in [2.75, 3.05) is 0 Å². The molecule has 1 rings (SSSR count). The van der Waals surface area contributed by atoms with Crippen molar-refractivity contribution in [1.82, 2.24) is 0 Å². The highest BCUT2D eigenvalue weighted by atomic mass is 35.5. The van der Waals surface area contributed by atoms with Crippen LogP contribution in [0.1, 0.15) is 13.3 Å². The first-order valence-corrected chi connectivity index (χ1v) is 4.42. The maximum atomic E-state index is 5.91. The number of nitrogens with two attached hydrogens (primary N) is 1. The topological polar surface area (TPSA) is 38.4 Å². The Morgan fingerprint density at radius 3 is 2.92 bits per heavy atom. The van der Waals surface area contributed by atoms with Crippen molar-refractivity contribution in [1.29, 1.82) is 0 Å². The number of rotatable bonds is 0. The molecule has 0 aromatic carbocycles. The summed E-state index contributed by atoms with van der Waals surface area (Å²) in [6.07, 6.45) is 4.25. The molecule has 0 saturated carbocycles. The molecule has 66 valence electrons. The van der Waals surface area contributed by atoms with Crippen LogP contribution in [0.15, 0.2) is 27.3 Å². The van der Waals surface area contributed by atoms with E-state index in [9.17, 15) is 0 Å². The highest BCUT2D eigenvalue weighted by Gasteiger charge is 2.08. The summed E-state index contributed by atoms with van der Waals surface area (Å²) in [5, 5.41) is 1.15. The van der Waals surface area contributed by atoms with Crippen LogP contribution in [-0.2, 0) is 0 Å². The number of amidine groups is 1. The monoisotopic (exact) mass is 204 g/mol. The van der Waals surface area contributed by atoms with E-state index in [0.717, 1.165) is 11.5 Å². The number of halogens is 2. The third-order valence-corrected chi connectivity index (χ3v) is 2.35. The van der Waals surface area contributed by atoms with Crippen LogP contribution in [0.5, 0.6) is 0 Å². The molecule has 1 heterocycles. The molecular formula is C8H10Cl2N2. The van der Waals surface area contributed by atoms with E-state index >= 15 is 0 Å². The Hall–Kier alpha value is -0.470. The number of aliphatic imine (C=N–C) groups is 1. The van der Waals surface area contributed by atoms with Crippen molar-refractivity contribution in [3.8, 4) is 0 Å². The number of hydrogen-bond donors (Lipinski definition) is 1. The van der Waals surface area contributed by atoms with E-state index < -0.39 is 0 Å². The van der Waals surface area contributed by atoms with Crippen molar-refractivity contribution in [2.45, 2.75) is 13.3 Å². The molecule has 0 bridgehead atoms. The average molecular weight is 205 g/mol. The Bertz CT molecular complexity index is 266. The lowest BCUT2D eigenvalue weighted by Crippen LogP contribution is -2.10. The first kappa shape index (κ1) is 9.62. The zero-order chi connectivity index (χ0) is 9.14. The van der Waals surface area contributed by atoms with Gasteiger partial charge in [0, 0.05) is 5.03 Å². The van der Waals surface area contributed by atoms with Crippen molar-refractivity contribution in [3.63, 3.8) is 0 Å². The molecule has 12 heavy (non-hydrogen) atoms. The summed E-state index contributed by atoms with van der Waals surface area (Å²) < 4.78 is 0. The van der Waals surface area contributed by atoms with Crippen LogP contribution >= 0.6 is 23.2 Å². The van der Waals surface area contributed by atoms with E-state index in [0.29, 0.717) is 11.0 Å². The Morgan fingerprint density at radius 2 is 2.25 bits per heavy atom. The lowest BCUT2D eigenvalue weighted by atomic mass is 10.1. The Morgan fingerprint density at radius 1 is 1.58 bits per heavy atom. The summed E-state index contributed by atoms with van der Waals surface area (Å²) in [7, 11) is 0. The van der Waals surface area contributed by atoms with Crippen molar-refractivity contribution in [3.05, 3.63) is 22.3 Å². The molecule has 0 spiro atoms. The predicted octanol–water partition coefficient (Wildman–Crippen LogP) is 2.59. The minimum atomic E-state index is 0.259. The van der Waals surface area contributed by atoms with Crippen LogP contribution in [0, 0.1) is 5.92 Å². The lowest BCUT2D eigenvalue weighted by Gasteiger charge is -2.09. The summed E-state index contributed by atoms with van der Waals surface area (Å²) in [6, 6.07) is 0. The lowest BCUT2D eigenvalue weighted by molar-refractivity contribution is 0.727. The Balaban J connectivity index is 2.96. The van der Waals surface area contributed by atoms with Gasteiger partial charge < -0.3 is 5.73 Å². The van der Waals surface area contributed by atoms with Gasteiger partial charge in [0.15, 0.2) is 0 Å². The van der Waals surface area contributed by atoms with Gasteiger partial charge in [-0.2, -0.15) is 0 Å². The Labute approximate surface area is 81.8 Å². The Kier molecular flexibility index (Phi) is 3.18. The average Bonchev–Trinajstić information content (AvgIpc) is 1.98. The van der Waals surface area contributed by atoms with Gasteiger partial charge in [0.25, 0.3) is 0 Å². The molecule has 0 amide bonds. The van der Waals surface area contributed by atoms with E-state index in [1.54, 1.807) is 6.08 Å². The van der Waals surface area contributed by atoms with Crippen molar-refractivity contribution < 1.29 is 0 Å². The van der Waals surface area contributed by atoms with Gasteiger partial charge in [0.05, 0.1) is 0 Å². The first-order chi connectivity index (χ1) is 5.59. The number of nitrogens with zero attached hydrogens (tertiary/aromatic N) is 1. The fraction of sp³-hybridized carbons (Fsp3) is 0.375. The second-order valence-corrected chi connectivity index (χ2v) is 3.55. The molecule has 1 unspecified atom stereocenters. The zero-order valence-corrected chi connectivity index (χ0v) is 8.23. The molecule has 1 atom stereocenters. The van der Waals surface area contributed by atoms with Gasteiger partial charge in [-0.1, -0.05) is 30.1 Å². The van der Waals surface area contributed by atoms with E-state index in [-0.39, 0.29) is 5.92 Å². The molecule has 2 N–H and O–H groups in total. The highest BCUT2D eigenvalue weighted by molar-refractivity contribution is 6.32. The van der Waals surface area contributed by atoms with E-state index in [2.05, 4.69) is 4.99 Å². The molecule has 0 aromatic heterocycles. The first-order valence-electron chi connectivity index (χ1n) is 3.66. The summed E-state index contributed by atoms with van der Waals surface area (Å²) >= 11 is 11.6. The molecule has 0 saturated heterocycles. The fourth-order valence-electron chi connectivity index (χ4n) is 0.871. The zero-order valence-electron chi connectivity index (χ0n) is 6.72. The molecule has 2 nitrogen and oxygen atoms in total. The third kappa shape index (κ3) is 2.54.